The Labute approximate surface area is 127 Å². The normalized spacial score (nSPS) is 12.7. The van der Waals surface area contributed by atoms with Crippen LogP contribution in [-0.4, -0.2) is 24.6 Å². The quantitative estimate of drug-likeness (QED) is 0.452. The molecule has 0 amide bonds. The zero-order valence-electron chi connectivity index (χ0n) is 11.8. The molecule has 1 aromatic carbocycles. The van der Waals surface area contributed by atoms with Crippen molar-refractivity contribution in [1.29, 1.82) is 0 Å². The second-order valence-electron chi connectivity index (χ2n) is 4.54. The third kappa shape index (κ3) is 4.89. The van der Waals surface area contributed by atoms with E-state index in [1.807, 2.05) is 12.1 Å². The second-order valence-corrected chi connectivity index (χ2v) is 5.46. The number of aliphatic imine (C=N–C) groups is 1. The number of carbonyl (C=O) groups excluding carboxylic acids is 2. The van der Waals surface area contributed by atoms with Crippen molar-refractivity contribution in [3.8, 4) is 0 Å². The molecule has 0 aliphatic rings. The first-order valence-corrected chi connectivity index (χ1v) is 7.25. The molecule has 0 fully saturated rings. The lowest BCUT2D eigenvalue weighted by Gasteiger charge is -2.12. The highest BCUT2D eigenvalue weighted by molar-refractivity contribution is 9.10. The van der Waals surface area contributed by atoms with Crippen LogP contribution in [0.4, 0.5) is 5.69 Å². The van der Waals surface area contributed by atoms with E-state index in [9.17, 15) is 9.59 Å². The number of rotatable bonds is 6. The second kappa shape index (κ2) is 7.94. The summed E-state index contributed by atoms with van der Waals surface area (Å²) in [5, 5.41) is 0. The fourth-order valence-electron chi connectivity index (χ4n) is 1.53. The Morgan fingerprint density at radius 3 is 2.40 bits per heavy atom. The SMILES string of the molecule is CCOC(=O)C(C=Nc1ccc(Br)cc1)C(=O)C(C)C. The molecule has 0 saturated carbocycles. The molecule has 108 valence electrons. The van der Waals surface area contributed by atoms with Gasteiger partial charge in [-0.3, -0.25) is 14.6 Å². The summed E-state index contributed by atoms with van der Waals surface area (Å²) in [6.07, 6.45) is 1.36. The van der Waals surface area contributed by atoms with Crippen LogP contribution in [0.1, 0.15) is 20.8 Å². The Hall–Kier alpha value is -1.49. The monoisotopic (exact) mass is 339 g/mol. The maximum Gasteiger partial charge on any atom is 0.321 e. The first-order chi connectivity index (χ1) is 9.45. The number of ether oxygens (including phenoxy) is 1. The summed E-state index contributed by atoms with van der Waals surface area (Å²) in [4.78, 5) is 28.0. The summed E-state index contributed by atoms with van der Waals surface area (Å²) in [5.41, 5.74) is 0.680. The maximum absolute atomic E-state index is 12.0. The Bertz CT molecular complexity index is 494. The molecule has 20 heavy (non-hydrogen) atoms. The van der Waals surface area contributed by atoms with Crippen molar-refractivity contribution in [3.63, 3.8) is 0 Å². The van der Waals surface area contributed by atoms with Gasteiger partial charge in [0, 0.05) is 16.6 Å². The van der Waals surface area contributed by atoms with Gasteiger partial charge in [-0.2, -0.15) is 0 Å². The number of benzene rings is 1. The largest absolute Gasteiger partial charge is 0.465 e. The molecule has 0 bridgehead atoms. The molecule has 1 aromatic rings. The number of ketones is 1. The lowest BCUT2D eigenvalue weighted by molar-refractivity contribution is -0.149. The first kappa shape index (κ1) is 16.6. The molecule has 0 aliphatic heterocycles. The van der Waals surface area contributed by atoms with E-state index in [4.69, 9.17) is 4.74 Å². The van der Waals surface area contributed by atoms with E-state index < -0.39 is 11.9 Å². The summed E-state index contributed by atoms with van der Waals surface area (Å²) >= 11 is 3.33. The van der Waals surface area contributed by atoms with Crippen LogP contribution >= 0.6 is 15.9 Å². The molecule has 0 aliphatic carbocycles. The molecular formula is C15H18BrNO3. The van der Waals surface area contributed by atoms with Gasteiger partial charge in [-0.25, -0.2) is 0 Å². The van der Waals surface area contributed by atoms with Crippen molar-refractivity contribution in [2.24, 2.45) is 16.8 Å². The van der Waals surface area contributed by atoms with Crippen LogP contribution in [0.3, 0.4) is 0 Å². The molecule has 1 rings (SSSR count). The smallest absolute Gasteiger partial charge is 0.321 e. The molecule has 0 aromatic heterocycles. The summed E-state index contributed by atoms with van der Waals surface area (Å²) in [7, 11) is 0. The minimum Gasteiger partial charge on any atom is -0.465 e. The Balaban J connectivity index is 2.91. The molecule has 0 spiro atoms. The third-order valence-corrected chi connectivity index (χ3v) is 3.14. The highest BCUT2D eigenvalue weighted by atomic mass is 79.9. The van der Waals surface area contributed by atoms with Crippen molar-refractivity contribution in [1.82, 2.24) is 0 Å². The van der Waals surface area contributed by atoms with Gasteiger partial charge in [0.1, 0.15) is 0 Å². The van der Waals surface area contributed by atoms with Gasteiger partial charge in [-0.05, 0) is 31.2 Å². The molecule has 0 heterocycles. The molecule has 5 heteroatoms. The lowest BCUT2D eigenvalue weighted by atomic mass is 9.96. The summed E-state index contributed by atoms with van der Waals surface area (Å²) < 4.78 is 5.87. The highest BCUT2D eigenvalue weighted by Gasteiger charge is 2.28. The van der Waals surface area contributed by atoms with E-state index in [0.717, 1.165) is 4.47 Å². The van der Waals surface area contributed by atoms with Crippen molar-refractivity contribution >= 4 is 39.6 Å². The Kier molecular flexibility index (Phi) is 6.58. The number of carbonyl (C=O) groups is 2. The molecule has 1 atom stereocenters. The van der Waals surface area contributed by atoms with Crippen molar-refractivity contribution in [3.05, 3.63) is 28.7 Å². The van der Waals surface area contributed by atoms with Gasteiger partial charge in [0.2, 0.25) is 0 Å². The first-order valence-electron chi connectivity index (χ1n) is 6.45. The molecule has 1 unspecified atom stereocenters. The predicted octanol–water partition coefficient (Wildman–Crippen LogP) is 3.56. The topological polar surface area (TPSA) is 55.7 Å². The van der Waals surface area contributed by atoms with Crippen LogP contribution in [0.15, 0.2) is 33.7 Å². The van der Waals surface area contributed by atoms with E-state index in [0.29, 0.717) is 5.69 Å². The van der Waals surface area contributed by atoms with Gasteiger partial charge in [-0.15, -0.1) is 0 Å². The van der Waals surface area contributed by atoms with Crippen molar-refractivity contribution in [2.45, 2.75) is 20.8 Å². The Morgan fingerprint density at radius 2 is 1.90 bits per heavy atom. The van der Waals surface area contributed by atoms with Crippen LogP contribution < -0.4 is 0 Å². The van der Waals surface area contributed by atoms with E-state index in [-0.39, 0.29) is 18.3 Å². The fraction of sp³-hybridized carbons (Fsp3) is 0.400. The number of esters is 1. The molecule has 0 radical (unpaired) electrons. The van der Waals surface area contributed by atoms with E-state index in [2.05, 4.69) is 20.9 Å². The summed E-state index contributed by atoms with van der Waals surface area (Å²) in [6, 6.07) is 7.28. The predicted molar refractivity (Wildman–Crippen MR) is 82.3 cm³/mol. The number of nitrogens with zero attached hydrogens (tertiary/aromatic N) is 1. The molecule has 0 N–H and O–H groups in total. The van der Waals surface area contributed by atoms with Crippen molar-refractivity contribution in [2.75, 3.05) is 6.61 Å². The highest BCUT2D eigenvalue weighted by Crippen LogP contribution is 2.17. The maximum atomic E-state index is 12.0. The van der Waals surface area contributed by atoms with Crippen LogP contribution in [0.2, 0.25) is 0 Å². The number of halogens is 1. The average Bonchev–Trinajstić information content (AvgIpc) is 2.41. The van der Waals surface area contributed by atoms with Gasteiger partial charge in [0.25, 0.3) is 0 Å². The van der Waals surface area contributed by atoms with E-state index >= 15 is 0 Å². The number of hydrogen-bond donors (Lipinski definition) is 0. The summed E-state index contributed by atoms with van der Waals surface area (Å²) in [5.74, 6) is -1.93. The van der Waals surface area contributed by atoms with E-state index in [1.54, 1.807) is 32.9 Å². The molecular weight excluding hydrogens is 322 g/mol. The van der Waals surface area contributed by atoms with Gasteiger partial charge in [-0.1, -0.05) is 29.8 Å². The van der Waals surface area contributed by atoms with Gasteiger partial charge >= 0.3 is 5.97 Å². The molecule has 4 nitrogen and oxygen atoms in total. The summed E-state index contributed by atoms with van der Waals surface area (Å²) in [6.45, 7) is 5.46. The average molecular weight is 340 g/mol. The van der Waals surface area contributed by atoms with Gasteiger partial charge < -0.3 is 4.74 Å². The lowest BCUT2D eigenvalue weighted by Crippen LogP contribution is -2.30. The van der Waals surface area contributed by atoms with Crippen LogP contribution in [0, 0.1) is 11.8 Å². The van der Waals surface area contributed by atoms with Crippen LogP contribution in [-0.2, 0) is 14.3 Å². The zero-order chi connectivity index (χ0) is 15.1. The standard InChI is InChI=1S/C15H18BrNO3/c1-4-20-15(19)13(14(18)10(2)3)9-17-12-7-5-11(16)6-8-12/h5-10,13H,4H2,1-3H3. The fourth-order valence-corrected chi connectivity index (χ4v) is 1.79. The van der Waals surface area contributed by atoms with Crippen LogP contribution in [0.25, 0.3) is 0 Å². The minimum atomic E-state index is -0.946. The minimum absolute atomic E-state index is 0.190. The number of hydrogen-bond acceptors (Lipinski definition) is 4. The van der Waals surface area contributed by atoms with Crippen LogP contribution in [0.5, 0.6) is 0 Å². The van der Waals surface area contributed by atoms with Gasteiger partial charge in [0.15, 0.2) is 11.7 Å². The number of Topliss-reactive ketones (excluding diaryl/α,β-unsaturated/α-hetero) is 1. The van der Waals surface area contributed by atoms with E-state index in [1.165, 1.54) is 6.21 Å². The third-order valence-electron chi connectivity index (χ3n) is 2.62. The zero-order valence-corrected chi connectivity index (χ0v) is 13.4. The van der Waals surface area contributed by atoms with Crippen molar-refractivity contribution < 1.29 is 14.3 Å². The Morgan fingerprint density at radius 1 is 1.30 bits per heavy atom. The van der Waals surface area contributed by atoms with Gasteiger partial charge in [0.05, 0.1) is 12.3 Å². The molecule has 0 saturated heterocycles.